The molecular weight excluding hydrogens is 344 g/mol. The summed E-state index contributed by atoms with van der Waals surface area (Å²) in [6.45, 7) is 5.17. The summed E-state index contributed by atoms with van der Waals surface area (Å²) in [6.07, 6.45) is 1.98. The van der Waals surface area contributed by atoms with Crippen molar-refractivity contribution >= 4 is 17.5 Å². The van der Waals surface area contributed by atoms with Gasteiger partial charge in [-0.15, -0.1) is 0 Å². The van der Waals surface area contributed by atoms with Crippen molar-refractivity contribution < 1.29 is 14.3 Å². The quantitative estimate of drug-likeness (QED) is 0.782. The highest BCUT2D eigenvalue weighted by Crippen LogP contribution is 2.21. The minimum absolute atomic E-state index is 0.0101. The molecule has 1 aliphatic heterocycles. The summed E-state index contributed by atoms with van der Waals surface area (Å²) in [5.41, 5.74) is 2.65. The van der Waals surface area contributed by atoms with Crippen LogP contribution in [0.25, 0.3) is 0 Å². The molecule has 27 heavy (non-hydrogen) atoms. The Morgan fingerprint density at radius 2 is 1.85 bits per heavy atom. The highest BCUT2D eigenvalue weighted by Gasteiger charge is 2.26. The summed E-state index contributed by atoms with van der Waals surface area (Å²) in [7, 11) is 1.98. The molecule has 1 saturated heterocycles. The van der Waals surface area contributed by atoms with Crippen LogP contribution >= 0.6 is 0 Å². The molecule has 2 amide bonds. The Bertz CT molecular complexity index is 796. The number of carbonyl (C=O) groups excluding carboxylic acids is 2. The summed E-state index contributed by atoms with van der Waals surface area (Å²) in [4.78, 5) is 26.8. The van der Waals surface area contributed by atoms with Gasteiger partial charge >= 0.3 is 11.8 Å². The van der Waals surface area contributed by atoms with Crippen molar-refractivity contribution in [3.8, 4) is 0 Å². The van der Waals surface area contributed by atoms with E-state index in [0.29, 0.717) is 25.4 Å². The van der Waals surface area contributed by atoms with Gasteiger partial charge in [-0.1, -0.05) is 18.2 Å². The lowest BCUT2D eigenvalue weighted by molar-refractivity contribution is -0.136. The predicted molar refractivity (Wildman–Crippen MR) is 103 cm³/mol. The van der Waals surface area contributed by atoms with E-state index in [4.69, 9.17) is 4.74 Å². The van der Waals surface area contributed by atoms with Gasteiger partial charge in [-0.25, -0.2) is 0 Å². The molecule has 0 bridgehead atoms. The molecule has 3 rings (SSSR count). The molecule has 1 fully saturated rings. The Labute approximate surface area is 159 Å². The van der Waals surface area contributed by atoms with Gasteiger partial charge in [0.05, 0.1) is 19.3 Å². The normalized spacial score (nSPS) is 15.9. The van der Waals surface area contributed by atoms with Crippen LogP contribution in [0, 0.1) is 6.92 Å². The van der Waals surface area contributed by atoms with Crippen molar-refractivity contribution in [1.82, 2.24) is 14.8 Å². The van der Waals surface area contributed by atoms with Crippen LogP contribution in [0.1, 0.15) is 17.3 Å². The van der Waals surface area contributed by atoms with Gasteiger partial charge in [-0.3, -0.25) is 14.5 Å². The number of carbonyl (C=O) groups is 2. The minimum atomic E-state index is -0.656. The lowest BCUT2D eigenvalue weighted by atomic mass is 10.1. The first-order valence-electron chi connectivity index (χ1n) is 9.14. The van der Waals surface area contributed by atoms with Crippen molar-refractivity contribution in [2.45, 2.75) is 13.0 Å². The standard InChI is InChI=1S/C20H26N4O3/c1-15-6-3-4-7-16(15)22-20(26)19(25)21-14-18(17-8-5-9-23(17)2)24-10-12-27-13-11-24/h3-9,18H,10-14H2,1-2H3,(H,21,25)(H,22,26). The minimum Gasteiger partial charge on any atom is -0.379 e. The summed E-state index contributed by atoms with van der Waals surface area (Å²) in [6, 6.07) is 11.4. The molecule has 2 heterocycles. The Kier molecular flexibility index (Phi) is 6.26. The highest BCUT2D eigenvalue weighted by molar-refractivity contribution is 6.39. The molecule has 144 valence electrons. The van der Waals surface area contributed by atoms with E-state index in [1.54, 1.807) is 6.07 Å². The van der Waals surface area contributed by atoms with Gasteiger partial charge in [-0.05, 0) is 30.7 Å². The predicted octanol–water partition coefficient (Wildman–Crippen LogP) is 1.46. The highest BCUT2D eigenvalue weighted by atomic mass is 16.5. The summed E-state index contributed by atoms with van der Waals surface area (Å²) in [5, 5.41) is 5.46. The maximum absolute atomic E-state index is 12.3. The topological polar surface area (TPSA) is 75.6 Å². The van der Waals surface area contributed by atoms with Crippen molar-refractivity contribution in [2.75, 3.05) is 38.2 Å². The van der Waals surface area contributed by atoms with Gasteiger partial charge in [0.1, 0.15) is 0 Å². The van der Waals surface area contributed by atoms with Crippen LogP contribution in [0.2, 0.25) is 0 Å². The lowest BCUT2D eigenvalue weighted by Crippen LogP contribution is -2.46. The molecule has 2 aromatic rings. The van der Waals surface area contributed by atoms with Crippen molar-refractivity contribution in [1.29, 1.82) is 0 Å². The molecule has 0 saturated carbocycles. The van der Waals surface area contributed by atoms with E-state index < -0.39 is 11.8 Å². The summed E-state index contributed by atoms with van der Waals surface area (Å²) < 4.78 is 7.48. The SMILES string of the molecule is Cc1ccccc1NC(=O)C(=O)NCC(c1cccn1C)N1CCOCC1. The zero-order valence-electron chi connectivity index (χ0n) is 15.8. The molecule has 0 spiro atoms. The number of nitrogens with one attached hydrogen (secondary N) is 2. The summed E-state index contributed by atoms with van der Waals surface area (Å²) in [5.74, 6) is -1.29. The van der Waals surface area contributed by atoms with Crippen LogP contribution < -0.4 is 10.6 Å². The number of morpholine rings is 1. The molecule has 2 N–H and O–H groups in total. The number of aryl methyl sites for hydroxylation is 2. The van der Waals surface area contributed by atoms with Crippen LogP contribution in [0.5, 0.6) is 0 Å². The fourth-order valence-corrected chi connectivity index (χ4v) is 3.29. The second kappa shape index (κ2) is 8.83. The molecule has 7 nitrogen and oxygen atoms in total. The van der Waals surface area contributed by atoms with Crippen molar-refractivity contribution in [3.63, 3.8) is 0 Å². The number of hydrogen-bond acceptors (Lipinski definition) is 4. The third-order valence-corrected chi connectivity index (χ3v) is 4.87. The van der Waals surface area contributed by atoms with Gasteiger partial charge < -0.3 is 19.9 Å². The number of hydrogen-bond donors (Lipinski definition) is 2. The zero-order chi connectivity index (χ0) is 19.2. The Morgan fingerprint density at radius 3 is 2.52 bits per heavy atom. The Balaban J connectivity index is 1.64. The molecule has 7 heteroatoms. The van der Waals surface area contributed by atoms with Gasteiger partial charge in [0.15, 0.2) is 0 Å². The number of ether oxygens (including phenoxy) is 1. The largest absolute Gasteiger partial charge is 0.379 e. The maximum atomic E-state index is 12.3. The van der Waals surface area contributed by atoms with Crippen molar-refractivity contribution in [2.24, 2.45) is 7.05 Å². The molecular formula is C20H26N4O3. The molecule has 1 aliphatic rings. The number of anilines is 1. The second-order valence-electron chi connectivity index (χ2n) is 6.69. The van der Waals surface area contributed by atoms with E-state index in [9.17, 15) is 9.59 Å². The van der Waals surface area contributed by atoms with Crippen LogP contribution in [0.3, 0.4) is 0 Å². The van der Waals surface area contributed by atoms with E-state index in [2.05, 4.69) is 15.5 Å². The van der Waals surface area contributed by atoms with E-state index in [0.717, 1.165) is 24.3 Å². The molecule has 1 unspecified atom stereocenters. The van der Waals surface area contributed by atoms with E-state index >= 15 is 0 Å². The molecule has 1 aromatic heterocycles. The number of benzene rings is 1. The first-order valence-corrected chi connectivity index (χ1v) is 9.14. The maximum Gasteiger partial charge on any atom is 0.313 e. The van der Waals surface area contributed by atoms with Gasteiger partial charge in [0, 0.05) is 44.3 Å². The number of para-hydroxylation sites is 1. The lowest BCUT2D eigenvalue weighted by Gasteiger charge is -2.34. The number of amides is 2. The van der Waals surface area contributed by atoms with Gasteiger partial charge in [0.25, 0.3) is 0 Å². The Hall–Kier alpha value is -2.64. The van der Waals surface area contributed by atoms with E-state index in [-0.39, 0.29) is 6.04 Å². The van der Waals surface area contributed by atoms with E-state index in [1.165, 1.54) is 0 Å². The fourth-order valence-electron chi connectivity index (χ4n) is 3.29. The molecule has 0 aliphatic carbocycles. The van der Waals surface area contributed by atoms with Crippen LogP contribution in [-0.2, 0) is 21.4 Å². The van der Waals surface area contributed by atoms with Crippen LogP contribution in [-0.4, -0.2) is 54.1 Å². The first kappa shape index (κ1) is 19.1. The average molecular weight is 370 g/mol. The molecule has 1 atom stereocenters. The first-order chi connectivity index (χ1) is 13.1. The third-order valence-electron chi connectivity index (χ3n) is 4.87. The third kappa shape index (κ3) is 4.75. The van der Waals surface area contributed by atoms with Crippen LogP contribution in [0.4, 0.5) is 5.69 Å². The number of rotatable bonds is 5. The fraction of sp³-hybridized carbons (Fsp3) is 0.400. The number of nitrogens with zero attached hydrogens (tertiary/aromatic N) is 2. The second-order valence-corrected chi connectivity index (χ2v) is 6.69. The van der Waals surface area contributed by atoms with Crippen LogP contribution in [0.15, 0.2) is 42.6 Å². The zero-order valence-corrected chi connectivity index (χ0v) is 15.8. The van der Waals surface area contributed by atoms with E-state index in [1.807, 2.05) is 55.1 Å². The molecule has 0 radical (unpaired) electrons. The Morgan fingerprint density at radius 1 is 1.11 bits per heavy atom. The van der Waals surface area contributed by atoms with Crippen molar-refractivity contribution in [3.05, 3.63) is 53.9 Å². The van der Waals surface area contributed by atoms with Gasteiger partial charge in [0.2, 0.25) is 0 Å². The molecule has 1 aromatic carbocycles. The monoisotopic (exact) mass is 370 g/mol. The van der Waals surface area contributed by atoms with Gasteiger partial charge in [-0.2, -0.15) is 0 Å². The average Bonchev–Trinajstić information content (AvgIpc) is 3.10. The smallest absolute Gasteiger partial charge is 0.313 e. The summed E-state index contributed by atoms with van der Waals surface area (Å²) >= 11 is 0. The number of aromatic nitrogens is 1.